The van der Waals surface area contributed by atoms with E-state index in [9.17, 15) is 4.79 Å². The number of rotatable bonds is 6. The van der Waals surface area contributed by atoms with Gasteiger partial charge in [0.15, 0.2) is 5.76 Å². The first-order chi connectivity index (χ1) is 15.8. The van der Waals surface area contributed by atoms with Gasteiger partial charge in [0.1, 0.15) is 5.69 Å². The molecule has 0 radical (unpaired) electrons. The van der Waals surface area contributed by atoms with Crippen LogP contribution in [0.25, 0.3) is 22.4 Å². The van der Waals surface area contributed by atoms with Gasteiger partial charge in [-0.1, -0.05) is 24.3 Å². The zero-order chi connectivity index (χ0) is 21.8. The molecule has 0 aliphatic rings. The van der Waals surface area contributed by atoms with Gasteiger partial charge < -0.3 is 9.32 Å². The summed E-state index contributed by atoms with van der Waals surface area (Å²) in [7, 11) is 0. The Morgan fingerprint density at radius 1 is 0.844 bits per heavy atom. The van der Waals surface area contributed by atoms with Crippen molar-refractivity contribution in [2.24, 2.45) is 0 Å². The third-order valence-electron chi connectivity index (χ3n) is 5.23. The summed E-state index contributed by atoms with van der Waals surface area (Å²) in [6.45, 7) is 0.880. The standard InChI is InChI=1S/C26H20N4O2/c31-26(30(17-19-9-12-27-13-10-19)18-20-5-3-11-28-16-20)22-15-24(25-8-4-14-32-25)29-23-7-2-1-6-21(22)23/h1-16H,17-18H2. The monoisotopic (exact) mass is 420 g/mol. The van der Waals surface area contributed by atoms with Gasteiger partial charge in [-0.05, 0) is 53.6 Å². The maximum absolute atomic E-state index is 13.9. The van der Waals surface area contributed by atoms with E-state index in [4.69, 9.17) is 9.40 Å². The van der Waals surface area contributed by atoms with Gasteiger partial charge in [0.05, 0.1) is 17.3 Å². The highest BCUT2D eigenvalue weighted by Crippen LogP contribution is 2.27. The van der Waals surface area contributed by atoms with Crippen molar-refractivity contribution in [2.75, 3.05) is 0 Å². The van der Waals surface area contributed by atoms with Crippen LogP contribution in [0, 0.1) is 0 Å². The molecular weight excluding hydrogens is 400 g/mol. The lowest BCUT2D eigenvalue weighted by Gasteiger charge is -2.24. The number of hydrogen-bond donors (Lipinski definition) is 0. The highest BCUT2D eigenvalue weighted by Gasteiger charge is 2.21. The van der Waals surface area contributed by atoms with Gasteiger partial charge in [-0.3, -0.25) is 14.8 Å². The fourth-order valence-corrected chi connectivity index (χ4v) is 3.69. The Balaban J connectivity index is 1.59. The normalized spacial score (nSPS) is 10.9. The molecule has 0 bridgehead atoms. The largest absolute Gasteiger partial charge is 0.463 e. The molecule has 0 aliphatic carbocycles. The average molecular weight is 420 g/mol. The fourth-order valence-electron chi connectivity index (χ4n) is 3.69. The predicted molar refractivity (Wildman–Crippen MR) is 121 cm³/mol. The van der Waals surface area contributed by atoms with Crippen molar-refractivity contribution in [3.8, 4) is 11.5 Å². The predicted octanol–water partition coefficient (Wildman–Crippen LogP) is 5.13. The van der Waals surface area contributed by atoms with Crippen LogP contribution in [-0.2, 0) is 13.1 Å². The molecule has 0 aliphatic heterocycles. The summed E-state index contributed by atoms with van der Waals surface area (Å²) in [4.78, 5) is 28.7. The van der Waals surface area contributed by atoms with E-state index < -0.39 is 0 Å². The lowest BCUT2D eigenvalue weighted by atomic mass is 10.0. The highest BCUT2D eigenvalue weighted by molar-refractivity contribution is 6.07. The van der Waals surface area contributed by atoms with Crippen LogP contribution in [0.15, 0.2) is 102 Å². The number of para-hydroxylation sites is 1. The van der Waals surface area contributed by atoms with Crippen molar-refractivity contribution in [2.45, 2.75) is 13.1 Å². The summed E-state index contributed by atoms with van der Waals surface area (Å²) in [6.07, 6.45) is 8.58. The average Bonchev–Trinajstić information content (AvgIpc) is 3.39. The van der Waals surface area contributed by atoms with Crippen LogP contribution in [0.1, 0.15) is 21.5 Å². The minimum atomic E-state index is -0.0860. The first kappa shape index (κ1) is 19.6. The Kier molecular flexibility index (Phi) is 5.41. The number of fused-ring (bicyclic) bond motifs is 1. The number of furan rings is 1. The molecule has 6 nitrogen and oxygen atoms in total. The Bertz CT molecular complexity index is 1300. The second kappa shape index (κ2) is 8.81. The molecule has 6 heteroatoms. The smallest absolute Gasteiger partial charge is 0.255 e. The molecule has 0 N–H and O–H groups in total. The third kappa shape index (κ3) is 4.11. The van der Waals surface area contributed by atoms with Gasteiger partial charge in [-0.15, -0.1) is 0 Å². The summed E-state index contributed by atoms with van der Waals surface area (Å²) >= 11 is 0. The molecule has 0 fully saturated rings. The Hall–Kier alpha value is -4.32. The molecule has 1 amide bonds. The van der Waals surface area contributed by atoms with Crippen molar-refractivity contribution in [1.82, 2.24) is 19.9 Å². The van der Waals surface area contributed by atoms with E-state index in [0.29, 0.717) is 30.1 Å². The molecule has 0 atom stereocenters. The van der Waals surface area contributed by atoms with Crippen LogP contribution in [0.2, 0.25) is 0 Å². The fraction of sp³-hybridized carbons (Fsp3) is 0.0769. The molecule has 4 heterocycles. The van der Waals surface area contributed by atoms with Crippen molar-refractivity contribution in [3.63, 3.8) is 0 Å². The molecule has 4 aromatic heterocycles. The van der Waals surface area contributed by atoms with E-state index in [1.807, 2.05) is 71.6 Å². The summed E-state index contributed by atoms with van der Waals surface area (Å²) in [5.74, 6) is 0.537. The number of benzene rings is 1. The third-order valence-corrected chi connectivity index (χ3v) is 5.23. The van der Waals surface area contributed by atoms with E-state index in [-0.39, 0.29) is 5.91 Å². The maximum atomic E-state index is 13.9. The van der Waals surface area contributed by atoms with Gasteiger partial charge in [0.25, 0.3) is 5.91 Å². The second-order valence-corrected chi connectivity index (χ2v) is 7.43. The molecule has 5 aromatic rings. The summed E-state index contributed by atoms with van der Waals surface area (Å²) in [5, 5.41) is 0.804. The van der Waals surface area contributed by atoms with Crippen LogP contribution in [0.5, 0.6) is 0 Å². The molecule has 5 rings (SSSR count). The van der Waals surface area contributed by atoms with Crippen molar-refractivity contribution in [1.29, 1.82) is 0 Å². The summed E-state index contributed by atoms with van der Waals surface area (Å²) in [6, 6.07) is 20.8. The van der Waals surface area contributed by atoms with Gasteiger partial charge in [-0.2, -0.15) is 0 Å². The van der Waals surface area contributed by atoms with Gasteiger partial charge in [0.2, 0.25) is 0 Å². The van der Waals surface area contributed by atoms with Crippen LogP contribution in [0.3, 0.4) is 0 Å². The van der Waals surface area contributed by atoms with E-state index in [2.05, 4.69) is 9.97 Å². The lowest BCUT2D eigenvalue weighted by Crippen LogP contribution is -2.30. The molecule has 32 heavy (non-hydrogen) atoms. The van der Waals surface area contributed by atoms with Crippen molar-refractivity contribution >= 4 is 16.8 Å². The lowest BCUT2D eigenvalue weighted by molar-refractivity contribution is 0.0732. The summed E-state index contributed by atoms with van der Waals surface area (Å²) < 4.78 is 5.55. The van der Waals surface area contributed by atoms with Crippen molar-refractivity contribution < 1.29 is 9.21 Å². The molecule has 0 saturated carbocycles. The zero-order valence-corrected chi connectivity index (χ0v) is 17.3. The number of pyridine rings is 3. The van der Waals surface area contributed by atoms with E-state index >= 15 is 0 Å². The van der Waals surface area contributed by atoms with E-state index in [1.165, 1.54) is 0 Å². The molecule has 156 valence electrons. The number of carbonyl (C=O) groups is 1. The minimum Gasteiger partial charge on any atom is -0.463 e. The van der Waals surface area contributed by atoms with Gasteiger partial charge >= 0.3 is 0 Å². The first-order valence-corrected chi connectivity index (χ1v) is 10.3. The SMILES string of the molecule is O=C(c1cc(-c2ccco2)nc2ccccc12)N(Cc1ccncc1)Cc1cccnc1. The van der Waals surface area contributed by atoms with Crippen LogP contribution in [-0.4, -0.2) is 25.8 Å². The minimum absolute atomic E-state index is 0.0860. The van der Waals surface area contributed by atoms with Crippen molar-refractivity contribution in [3.05, 3.63) is 114 Å². The quantitative estimate of drug-likeness (QED) is 0.381. The maximum Gasteiger partial charge on any atom is 0.255 e. The molecular formula is C26H20N4O2. The Labute approximate surface area is 185 Å². The molecule has 0 saturated heterocycles. The molecule has 0 unspecified atom stereocenters. The number of carbonyl (C=O) groups excluding carboxylic acids is 1. The second-order valence-electron chi connectivity index (χ2n) is 7.43. The molecule has 1 aromatic carbocycles. The van der Waals surface area contributed by atoms with Gasteiger partial charge in [0, 0.05) is 43.3 Å². The van der Waals surface area contributed by atoms with Crippen LogP contribution >= 0.6 is 0 Å². The highest BCUT2D eigenvalue weighted by atomic mass is 16.3. The Morgan fingerprint density at radius 2 is 1.69 bits per heavy atom. The van der Waals surface area contributed by atoms with Crippen LogP contribution in [0.4, 0.5) is 0 Å². The topological polar surface area (TPSA) is 72.1 Å². The van der Waals surface area contributed by atoms with E-state index in [0.717, 1.165) is 22.0 Å². The first-order valence-electron chi connectivity index (χ1n) is 10.3. The van der Waals surface area contributed by atoms with E-state index in [1.54, 1.807) is 31.1 Å². The number of aromatic nitrogens is 3. The number of amides is 1. The molecule has 0 spiro atoms. The summed E-state index contributed by atoms with van der Waals surface area (Å²) in [5.41, 5.74) is 3.92. The van der Waals surface area contributed by atoms with Crippen LogP contribution < -0.4 is 0 Å². The number of nitrogens with zero attached hydrogens (tertiary/aromatic N) is 4. The Morgan fingerprint density at radius 3 is 2.47 bits per heavy atom. The zero-order valence-electron chi connectivity index (χ0n) is 17.3. The number of hydrogen-bond acceptors (Lipinski definition) is 5. The van der Waals surface area contributed by atoms with Gasteiger partial charge in [-0.25, -0.2) is 4.98 Å².